The number of hydrogen-bond donors (Lipinski definition) is 2. The fraction of sp³-hybridized carbons (Fsp3) is 0.154. The Balaban J connectivity index is 2.39. The van der Waals surface area contributed by atoms with Crippen molar-refractivity contribution in [3.8, 4) is 6.26 Å². The standard InChI is InChI=1S/C13H11N3O2S/c14-7-18-13(17)12(19)10-6-15-8-16-11(10)9-4-2-1-3-5-9/h1-6,12,16,19H,8H2. The number of nitrogens with one attached hydrogen (secondary N) is 1. The molecule has 1 atom stereocenters. The minimum atomic E-state index is -0.855. The summed E-state index contributed by atoms with van der Waals surface area (Å²) in [6, 6.07) is 9.53. The molecule has 1 aliphatic rings. The van der Waals surface area contributed by atoms with E-state index >= 15 is 0 Å². The highest BCUT2D eigenvalue weighted by Crippen LogP contribution is 2.22. The van der Waals surface area contributed by atoms with Crippen molar-refractivity contribution in [1.82, 2.24) is 5.32 Å². The van der Waals surface area contributed by atoms with E-state index in [2.05, 4.69) is 27.7 Å². The Morgan fingerprint density at radius 3 is 2.89 bits per heavy atom. The maximum absolute atomic E-state index is 11.6. The molecular weight excluding hydrogens is 262 g/mol. The monoisotopic (exact) mass is 273 g/mol. The molecule has 0 saturated carbocycles. The Morgan fingerprint density at radius 1 is 1.47 bits per heavy atom. The zero-order chi connectivity index (χ0) is 13.7. The molecular formula is C13H11N3O2S. The van der Waals surface area contributed by atoms with Crippen LogP contribution in [0.5, 0.6) is 0 Å². The van der Waals surface area contributed by atoms with E-state index in [1.54, 1.807) is 6.21 Å². The van der Waals surface area contributed by atoms with E-state index in [-0.39, 0.29) is 0 Å². The Morgan fingerprint density at radius 2 is 2.21 bits per heavy atom. The molecule has 0 spiro atoms. The van der Waals surface area contributed by atoms with Crippen molar-refractivity contribution in [2.45, 2.75) is 5.25 Å². The summed E-state index contributed by atoms with van der Waals surface area (Å²) in [6.45, 7) is 0.432. The number of thiol groups is 1. The van der Waals surface area contributed by atoms with Gasteiger partial charge in [-0.1, -0.05) is 30.3 Å². The van der Waals surface area contributed by atoms with Gasteiger partial charge in [0.1, 0.15) is 11.9 Å². The summed E-state index contributed by atoms with van der Waals surface area (Å²) in [5, 5.41) is 10.6. The lowest BCUT2D eigenvalue weighted by molar-refractivity contribution is -0.135. The van der Waals surface area contributed by atoms with Crippen LogP contribution in [0.3, 0.4) is 0 Å². The van der Waals surface area contributed by atoms with Gasteiger partial charge in [0.15, 0.2) is 0 Å². The highest BCUT2D eigenvalue weighted by Gasteiger charge is 2.24. The molecule has 1 unspecified atom stereocenters. The van der Waals surface area contributed by atoms with Gasteiger partial charge < -0.3 is 10.1 Å². The number of hydrogen-bond acceptors (Lipinski definition) is 6. The zero-order valence-electron chi connectivity index (χ0n) is 9.91. The van der Waals surface area contributed by atoms with Crippen LogP contribution in [-0.2, 0) is 9.53 Å². The van der Waals surface area contributed by atoms with Gasteiger partial charge in [-0.25, -0.2) is 4.79 Å². The number of benzene rings is 1. The number of ether oxygens (including phenoxy) is 1. The SMILES string of the molecule is N#COC(=O)C(S)C1=C(c2ccccc2)NCN=C1. The van der Waals surface area contributed by atoms with Gasteiger partial charge >= 0.3 is 5.97 Å². The quantitative estimate of drug-likeness (QED) is 0.495. The first-order chi connectivity index (χ1) is 9.24. The smallest absolute Gasteiger partial charge is 0.338 e. The van der Waals surface area contributed by atoms with E-state index < -0.39 is 11.2 Å². The molecule has 0 saturated heterocycles. The highest BCUT2D eigenvalue weighted by atomic mass is 32.1. The summed E-state index contributed by atoms with van der Waals surface area (Å²) in [6.07, 6.45) is 2.93. The summed E-state index contributed by atoms with van der Waals surface area (Å²) < 4.78 is 4.31. The van der Waals surface area contributed by atoms with Crippen LogP contribution in [0, 0.1) is 11.5 Å². The third kappa shape index (κ3) is 2.95. The Labute approximate surface area is 116 Å². The van der Waals surface area contributed by atoms with Crippen LogP contribution >= 0.6 is 12.6 Å². The van der Waals surface area contributed by atoms with E-state index in [4.69, 9.17) is 5.26 Å². The lowest BCUT2D eigenvalue weighted by Crippen LogP contribution is -2.27. The third-order valence-corrected chi connectivity index (χ3v) is 3.08. The molecule has 0 aromatic heterocycles. The van der Waals surface area contributed by atoms with Gasteiger partial charge in [-0.3, -0.25) is 4.99 Å². The lowest BCUT2D eigenvalue weighted by atomic mass is 10.0. The minimum absolute atomic E-state index is 0.432. The molecule has 0 fully saturated rings. The van der Waals surface area contributed by atoms with Crippen LogP contribution in [0.25, 0.3) is 5.70 Å². The average Bonchev–Trinajstić information content (AvgIpc) is 2.47. The van der Waals surface area contributed by atoms with Crippen molar-refractivity contribution in [1.29, 1.82) is 5.26 Å². The van der Waals surface area contributed by atoms with Crippen molar-refractivity contribution >= 4 is 30.5 Å². The Kier molecular flexibility index (Phi) is 4.21. The van der Waals surface area contributed by atoms with Crippen molar-refractivity contribution < 1.29 is 9.53 Å². The summed E-state index contributed by atoms with van der Waals surface area (Å²) in [4.78, 5) is 15.6. The van der Waals surface area contributed by atoms with Gasteiger partial charge in [0, 0.05) is 17.5 Å². The predicted octanol–water partition coefficient (Wildman–Crippen LogP) is 1.35. The predicted molar refractivity (Wildman–Crippen MR) is 74.3 cm³/mol. The second-order valence-electron chi connectivity index (χ2n) is 3.76. The highest BCUT2D eigenvalue weighted by molar-refractivity contribution is 7.82. The normalized spacial score (nSPS) is 15.4. The fourth-order valence-electron chi connectivity index (χ4n) is 1.74. The molecule has 1 aromatic carbocycles. The molecule has 0 aliphatic carbocycles. The first kappa shape index (κ1) is 13.2. The molecule has 2 rings (SSSR count). The number of esters is 1. The molecule has 96 valence electrons. The molecule has 1 aliphatic heterocycles. The molecule has 5 nitrogen and oxygen atoms in total. The number of carbonyl (C=O) groups excluding carboxylic acids is 1. The minimum Gasteiger partial charge on any atom is -0.365 e. The second kappa shape index (κ2) is 6.07. The summed E-state index contributed by atoms with van der Waals surface area (Å²) in [5.41, 5.74) is 2.28. The van der Waals surface area contributed by atoms with Gasteiger partial charge in [-0.15, -0.1) is 5.26 Å². The molecule has 0 radical (unpaired) electrons. The third-order valence-electron chi connectivity index (χ3n) is 2.59. The van der Waals surface area contributed by atoms with Gasteiger partial charge in [0.25, 0.3) is 6.26 Å². The molecule has 1 heterocycles. The largest absolute Gasteiger partial charge is 0.365 e. The van der Waals surface area contributed by atoms with Crippen LogP contribution in [0.15, 0.2) is 40.9 Å². The Bertz CT molecular complexity index is 575. The number of rotatable bonds is 3. The molecule has 1 N–H and O–H groups in total. The van der Waals surface area contributed by atoms with Crippen LogP contribution < -0.4 is 5.32 Å². The fourth-order valence-corrected chi connectivity index (χ4v) is 1.99. The van der Waals surface area contributed by atoms with E-state index in [0.717, 1.165) is 11.3 Å². The Hall–Kier alpha value is -2.26. The molecule has 1 aromatic rings. The number of nitrogens with zero attached hydrogens (tertiary/aromatic N) is 2. The van der Waals surface area contributed by atoms with Crippen LogP contribution in [0.1, 0.15) is 5.56 Å². The number of carbonyl (C=O) groups is 1. The number of aliphatic imine (C=N–C) groups is 1. The summed E-state index contributed by atoms with van der Waals surface area (Å²) in [7, 11) is 0. The van der Waals surface area contributed by atoms with Crippen molar-refractivity contribution in [2.75, 3.05) is 6.67 Å². The summed E-state index contributed by atoms with van der Waals surface area (Å²) in [5.74, 6) is -0.718. The molecule has 19 heavy (non-hydrogen) atoms. The topological polar surface area (TPSA) is 74.5 Å². The number of nitriles is 1. The first-order valence-corrected chi connectivity index (χ1v) is 6.07. The van der Waals surface area contributed by atoms with Crippen LogP contribution in [0.2, 0.25) is 0 Å². The first-order valence-electron chi connectivity index (χ1n) is 5.55. The van der Waals surface area contributed by atoms with E-state index in [9.17, 15) is 4.79 Å². The van der Waals surface area contributed by atoms with E-state index in [1.165, 1.54) is 6.26 Å². The van der Waals surface area contributed by atoms with Crippen molar-refractivity contribution in [2.24, 2.45) is 4.99 Å². The second-order valence-corrected chi connectivity index (χ2v) is 4.27. The van der Waals surface area contributed by atoms with E-state index in [1.807, 2.05) is 30.3 Å². The van der Waals surface area contributed by atoms with Gasteiger partial charge in [0.05, 0.1) is 0 Å². The van der Waals surface area contributed by atoms with Gasteiger partial charge in [0.2, 0.25) is 0 Å². The maximum Gasteiger partial charge on any atom is 0.338 e. The molecule has 0 bridgehead atoms. The van der Waals surface area contributed by atoms with Gasteiger partial charge in [-0.2, -0.15) is 12.6 Å². The van der Waals surface area contributed by atoms with Crippen LogP contribution in [0.4, 0.5) is 0 Å². The lowest BCUT2D eigenvalue weighted by Gasteiger charge is -2.20. The van der Waals surface area contributed by atoms with Crippen molar-refractivity contribution in [3.05, 3.63) is 41.5 Å². The zero-order valence-corrected chi connectivity index (χ0v) is 10.8. The van der Waals surface area contributed by atoms with Crippen molar-refractivity contribution in [3.63, 3.8) is 0 Å². The maximum atomic E-state index is 11.6. The molecule has 6 heteroatoms. The van der Waals surface area contributed by atoms with Crippen LogP contribution in [-0.4, -0.2) is 24.1 Å². The summed E-state index contributed by atoms with van der Waals surface area (Å²) >= 11 is 4.20. The van der Waals surface area contributed by atoms with Gasteiger partial charge in [-0.05, 0) is 5.56 Å². The molecule has 0 amide bonds. The van der Waals surface area contributed by atoms with E-state index in [0.29, 0.717) is 12.2 Å². The average molecular weight is 273 g/mol.